The third-order valence-electron chi connectivity index (χ3n) is 1.93. The van der Waals surface area contributed by atoms with E-state index in [-0.39, 0.29) is 5.19 Å². The predicted octanol–water partition coefficient (Wildman–Crippen LogP) is -1.42. The molecule has 0 radical (unpaired) electrons. The van der Waals surface area contributed by atoms with Gasteiger partial charge in [-0.1, -0.05) is 6.07 Å². The van der Waals surface area contributed by atoms with Crippen LogP contribution in [0.5, 0.6) is 11.5 Å². The lowest BCUT2D eigenvalue weighted by atomic mass is 10.3. The first-order chi connectivity index (χ1) is 6.57. The first-order valence-corrected chi connectivity index (χ1v) is 5.99. The van der Waals surface area contributed by atoms with E-state index in [1.807, 2.05) is 0 Å². The average Bonchev–Trinajstić information content (AvgIpc) is 2.16. The molecule has 0 bridgehead atoms. The maximum Gasteiger partial charge on any atom is 0.529 e. The monoisotopic (exact) mass is 214 g/mol. The standard InChI is InChI=1S/C8H10O5Si/c9-14(10,11)6-1-2-7-8(5-6)13-4-3-12-7/h1-2,5,9-11H,3-4H2. The Morgan fingerprint density at radius 1 is 1.00 bits per heavy atom. The van der Waals surface area contributed by atoms with Crippen molar-refractivity contribution in [3.05, 3.63) is 18.2 Å². The molecule has 6 heteroatoms. The summed E-state index contributed by atoms with van der Waals surface area (Å²) < 4.78 is 10.5. The molecule has 0 aliphatic carbocycles. The van der Waals surface area contributed by atoms with E-state index in [9.17, 15) is 0 Å². The van der Waals surface area contributed by atoms with Crippen LogP contribution in [0.4, 0.5) is 0 Å². The molecule has 0 amide bonds. The van der Waals surface area contributed by atoms with Crippen molar-refractivity contribution in [3.63, 3.8) is 0 Å². The van der Waals surface area contributed by atoms with E-state index in [0.29, 0.717) is 24.7 Å². The van der Waals surface area contributed by atoms with E-state index in [0.717, 1.165) is 0 Å². The van der Waals surface area contributed by atoms with Crippen molar-refractivity contribution >= 4 is 14.0 Å². The van der Waals surface area contributed by atoms with Crippen molar-refractivity contribution < 1.29 is 23.9 Å². The van der Waals surface area contributed by atoms with Crippen molar-refractivity contribution in [1.29, 1.82) is 0 Å². The lowest BCUT2D eigenvalue weighted by Gasteiger charge is -2.19. The van der Waals surface area contributed by atoms with Gasteiger partial charge in [0.2, 0.25) is 0 Å². The zero-order valence-corrected chi connectivity index (χ0v) is 8.30. The molecule has 0 aromatic heterocycles. The van der Waals surface area contributed by atoms with Crippen molar-refractivity contribution in [2.45, 2.75) is 0 Å². The smallest absolute Gasteiger partial charge is 0.486 e. The average molecular weight is 214 g/mol. The van der Waals surface area contributed by atoms with E-state index in [4.69, 9.17) is 23.9 Å². The molecule has 3 N–H and O–H groups in total. The Balaban J connectivity index is 2.39. The number of hydrogen-bond acceptors (Lipinski definition) is 5. The Labute approximate surface area is 81.5 Å². The topological polar surface area (TPSA) is 79.2 Å². The summed E-state index contributed by atoms with van der Waals surface area (Å²) in [6, 6.07) is 4.36. The summed E-state index contributed by atoms with van der Waals surface area (Å²) in [5.41, 5.74) is 0. The minimum atomic E-state index is -4.23. The van der Waals surface area contributed by atoms with Gasteiger partial charge in [0, 0.05) is 5.19 Å². The van der Waals surface area contributed by atoms with Gasteiger partial charge in [-0.2, -0.15) is 0 Å². The minimum absolute atomic E-state index is 0.0850. The molecule has 1 heterocycles. The van der Waals surface area contributed by atoms with Gasteiger partial charge in [0.15, 0.2) is 11.5 Å². The largest absolute Gasteiger partial charge is 0.529 e. The molecule has 0 unspecified atom stereocenters. The highest BCUT2D eigenvalue weighted by Crippen LogP contribution is 2.28. The maximum absolute atomic E-state index is 9.04. The van der Waals surface area contributed by atoms with Crippen LogP contribution in [-0.4, -0.2) is 36.4 Å². The van der Waals surface area contributed by atoms with E-state index in [1.54, 1.807) is 6.07 Å². The lowest BCUT2D eigenvalue weighted by molar-refractivity contribution is 0.171. The molecule has 1 aromatic carbocycles. The van der Waals surface area contributed by atoms with E-state index >= 15 is 0 Å². The van der Waals surface area contributed by atoms with E-state index in [2.05, 4.69) is 0 Å². The molecule has 76 valence electrons. The number of rotatable bonds is 1. The van der Waals surface area contributed by atoms with Gasteiger partial charge in [-0.25, -0.2) is 0 Å². The minimum Gasteiger partial charge on any atom is -0.486 e. The van der Waals surface area contributed by atoms with Crippen LogP contribution in [-0.2, 0) is 0 Å². The molecule has 1 aliphatic heterocycles. The molecular weight excluding hydrogens is 204 g/mol. The van der Waals surface area contributed by atoms with Crippen LogP contribution < -0.4 is 14.7 Å². The van der Waals surface area contributed by atoms with Crippen molar-refractivity contribution in [3.8, 4) is 11.5 Å². The molecule has 0 spiro atoms. The predicted molar refractivity (Wildman–Crippen MR) is 49.5 cm³/mol. The quantitative estimate of drug-likeness (QED) is 0.500. The first-order valence-electron chi connectivity index (χ1n) is 4.14. The molecule has 0 atom stereocenters. The normalized spacial score (nSPS) is 15.4. The van der Waals surface area contributed by atoms with Gasteiger partial charge >= 0.3 is 8.80 Å². The van der Waals surface area contributed by atoms with E-state index < -0.39 is 8.80 Å². The van der Waals surface area contributed by atoms with Crippen molar-refractivity contribution in [2.75, 3.05) is 13.2 Å². The zero-order valence-electron chi connectivity index (χ0n) is 7.30. The van der Waals surface area contributed by atoms with Gasteiger partial charge in [0.1, 0.15) is 13.2 Å². The van der Waals surface area contributed by atoms with Crippen molar-refractivity contribution in [2.24, 2.45) is 0 Å². The summed E-state index contributed by atoms with van der Waals surface area (Å²) >= 11 is 0. The zero-order chi connectivity index (χ0) is 10.2. The summed E-state index contributed by atoms with van der Waals surface area (Å²) in [6.45, 7) is 0.902. The lowest BCUT2D eigenvalue weighted by Crippen LogP contribution is -2.48. The molecule has 1 aromatic rings. The van der Waals surface area contributed by atoms with Crippen molar-refractivity contribution in [1.82, 2.24) is 0 Å². The maximum atomic E-state index is 9.04. The van der Waals surface area contributed by atoms with E-state index in [1.165, 1.54) is 12.1 Å². The summed E-state index contributed by atoms with van der Waals surface area (Å²) in [4.78, 5) is 27.1. The Hall–Kier alpha value is -1.08. The van der Waals surface area contributed by atoms with Crippen LogP contribution in [0.25, 0.3) is 0 Å². The summed E-state index contributed by atoms with van der Waals surface area (Å²) in [7, 11) is -4.23. The Bertz CT molecular complexity index is 346. The highest BCUT2D eigenvalue weighted by atomic mass is 28.4. The van der Waals surface area contributed by atoms with Crippen LogP contribution in [0, 0.1) is 0 Å². The fourth-order valence-electron chi connectivity index (χ4n) is 1.25. The molecule has 5 nitrogen and oxygen atoms in total. The Morgan fingerprint density at radius 3 is 2.29 bits per heavy atom. The first kappa shape index (κ1) is 9.47. The van der Waals surface area contributed by atoms with Gasteiger partial charge < -0.3 is 23.9 Å². The second-order valence-corrected chi connectivity index (χ2v) is 4.84. The molecule has 0 saturated carbocycles. The van der Waals surface area contributed by atoms with Gasteiger partial charge in [0.25, 0.3) is 0 Å². The SMILES string of the molecule is O[Si](O)(O)c1ccc2c(c1)OCCO2. The fourth-order valence-corrected chi connectivity index (χ4v) is 1.88. The second kappa shape index (κ2) is 3.25. The molecule has 0 saturated heterocycles. The van der Waals surface area contributed by atoms with Crippen LogP contribution >= 0.6 is 0 Å². The summed E-state index contributed by atoms with van der Waals surface area (Å²) in [5, 5.41) is 0.0850. The summed E-state index contributed by atoms with van der Waals surface area (Å²) in [6.07, 6.45) is 0. The van der Waals surface area contributed by atoms with Gasteiger partial charge in [-0.15, -0.1) is 0 Å². The van der Waals surface area contributed by atoms with Crippen LogP contribution in [0.1, 0.15) is 0 Å². The molecular formula is C8H10O5Si. The third kappa shape index (κ3) is 1.73. The third-order valence-corrected chi connectivity index (χ3v) is 3.02. The highest BCUT2D eigenvalue weighted by molar-refractivity contribution is 6.71. The Kier molecular flexibility index (Phi) is 2.20. The van der Waals surface area contributed by atoms with Crippen LogP contribution in [0.3, 0.4) is 0 Å². The number of benzene rings is 1. The summed E-state index contributed by atoms with van der Waals surface area (Å²) in [5.74, 6) is 0.987. The molecule has 0 fully saturated rings. The molecule has 2 rings (SSSR count). The van der Waals surface area contributed by atoms with Gasteiger partial charge in [-0.3, -0.25) is 0 Å². The number of ether oxygens (including phenoxy) is 2. The molecule has 14 heavy (non-hydrogen) atoms. The van der Waals surface area contributed by atoms with Gasteiger partial charge in [-0.05, 0) is 12.1 Å². The number of hydrogen-bond donors (Lipinski definition) is 3. The highest BCUT2D eigenvalue weighted by Gasteiger charge is 2.31. The van der Waals surface area contributed by atoms with Crippen LogP contribution in [0.15, 0.2) is 18.2 Å². The van der Waals surface area contributed by atoms with Gasteiger partial charge in [0.05, 0.1) is 0 Å². The fraction of sp³-hybridized carbons (Fsp3) is 0.250. The second-order valence-electron chi connectivity index (χ2n) is 2.99. The van der Waals surface area contributed by atoms with Crippen LogP contribution in [0.2, 0.25) is 0 Å². The Morgan fingerprint density at radius 2 is 1.64 bits per heavy atom. The molecule has 1 aliphatic rings. The number of fused-ring (bicyclic) bond motifs is 1.